The lowest BCUT2D eigenvalue weighted by atomic mass is 10.2. The molecular weight excluding hydrogens is 250 g/mol. The number of hydrogen-bond donors (Lipinski definition) is 1. The average Bonchev–Trinajstić information content (AvgIpc) is 2.90. The predicted molar refractivity (Wildman–Crippen MR) is 78.5 cm³/mol. The molecule has 0 saturated heterocycles. The van der Waals surface area contributed by atoms with Gasteiger partial charge in [0.25, 0.3) is 0 Å². The molecule has 1 N–H and O–H groups in total. The molecule has 0 bridgehead atoms. The molecule has 3 aromatic rings. The zero-order valence-corrected chi connectivity index (χ0v) is 11.4. The van der Waals surface area contributed by atoms with E-state index in [1.165, 1.54) is 0 Å². The highest BCUT2D eigenvalue weighted by atomic mass is 16.5. The minimum atomic E-state index is 0.819. The van der Waals surface area contributed by atoms with E-state index in [0.717, 1.165) is 34.1 Å². The van der Waals surface area contributed by atoms with Crippen molar-refractivity contribution in [2.45, 2.75) is 6.92 Å². The Morgan fingerprint density at radius 3 is 2.70 bits per heavy atom. The van der Waals surface area contributed by atoms with Crippen LogP contribution in [-0.2, 0) is 0 Å². The third kappa shape index (κ3) is 2.28. The summed E-state index contributed by atoms with van der Waals surface area (Å²) in [5.74, 6) is 1.65. The van der Waals surface area contributed by atoms with Gasteiger partial charge in [0.05, 0.1) is 12.8 Å². The van der Waals surface area contributed by atoms with Crippen molar-refractivity contribution in [2.24, 2.45) is 0 Å². The van der Waals surface area contributed by atoms with Crippen LogP contribution in [0.15, 0.2) is 48.8 Å². The Morgan fingerprint density at radius 2 is 1.95 bits per heavy atom. The summed E-state index contributed by atoms with van der Waals surface area (Å²) in [6.07, 6.45) is 3.58. The molecule has 0 aliphatic carbocycles. The van der Waals surface area contributed by atoms with Gasteiger partial charge < -0.3 is 9.72 Å². The van der Waals surface area contributed by atoms with Crippen molar-refractivity contribution in [1.82, 2.24) is 15.0 Å². The summed E-state index contributed by atoms with van der Waals surface area (Å²) in [6.45, 7) is 2.01. The van der Waals surface area contributed by atoms with E-state index in [4.69, 9.17) is 4.74 Å². The Morgan fingerprint density at radius 1 is 1.10 bits per heavy atom. The Labute approximate surface area is 117 Å². The lowest BCUT2D eigenvalue weighted by molar-refractivity contribution is 0.415. The van der Waals surface area contributed by atoms with Gasteiger partial charge in [0.1, 0.15) is 11.6 Å². The number of benzene rings is 1. The van der Waals surface area contributed by atoms with Crippen molar-refractivity contribution < 1.29 is 4.74 Å². The Kier molecular flexibility index (Phi) is 3.21. The number of ether oxygens (including phenoxy) is 1. The monoisotopic (exact) mass is 265 g/mol. The molecule has 0 unspecified atom stereocenters. The van der Waals surface area contributed by atoms with Gasteiger partial charge in [-0.1, -0.05) is 12.1 Å². The first-order chi connectivity index (χ1) is 9.78. The predicted octanol–water partition coefficient (Wildman–Crippen LogP) is 3.46. The zero-order valence-electron chi connectivity index (χ0n) is 11.4. The summed E-state index contributed by atoms with van der Waals surface area (Å²) < 4.78 is 5.25. The lowest BCUT2D eigenvalue weighted by Gasteiger charge is -2.01. The van der Waals surface area contributed by atoms with Gasteiger partial charge in [0.15, 0.2) is 0 Å². The number of nitrogens with zero attached hydrogens (tertiary/aromatic N) is 2. The maximum Gasteiger partial charge on any atom is 0.138 e. The van der Waals surface area contributed by atoms with Crippen molar-refractivity contribution in [3.05, 3.63) is 54.5 Å². The Hall–Kier alpha value is -2.62. The molecule has 4 nitrogen and oxygen atoms in total. The first kappa shape index (κ1) is 12.4. The molecule has 0 aliphatic heterocycles. The molecule has 0 saturated carbocycles. The molecule has 0 amide bonds. The molecule has 2 aromatic heterocycles. The second kappa shape index (κ2) is 5.17. The van der Waals surface area contributed by atoms with Crippen LogP contribution in [0, 0.1) is 6.92 Å². The number of aryl methyl sites for hydroxylation is 1. The second-order valence-electron chi connectivity index (χ2n) is 4.53. The maximum atomic E-state index is 5.25. The third-order valence-electron chi connectivity index (χ3n) is 3.16. The summed E-state index contributed by atoms with van der Waals surface area (Å²) in [5, 5.41) is 0. The lowest BCUT2D eigenvalue weighted by Crippen LogP contribution is -1.85. The van der Waals surface area contributed by atoms with Crippen LogP contribution in [0.5, 0.6) is 5.75 Å². The molecule has 0 aliphatic rings. The van der Waals surface area contributed by atoms with E-state index in [2.05, 4.69) is 15.0 Å². The smallest absolute Gasteiger partial charge is 0.138 e. The number of aromatic amines is 1. The van der Waals surface area contributed by atoms with Crippen LogP contribution in [0.3, 0.4) is 0 Å². The minimum Gasteiger partial charge on any atom is -0.497 e. The van der Waals surface area contributed by atoms with Crippen LogP contribution in [0.4, 0.5) is 0 Å². The van der Waals surface area contributed by atoms with Crippen molar-refractivity contribution >= 4 is 0 Å². The molecule has 4 heteroatoms. The van der Waals surface area contributed by atoms with E-state index in [9.17, 15) is 0 Å². The van der Waals surface area contributed by atoms with E-state index >= 15 is 0 Å². The fourth-order valence-corrected chi connectivity index (χ4v) is 2.15. The first-order valence-electron chi connectivity index (χ1n) is 6.39. The number of rotatable bonds is 3. The van der Waals surface area contributed by atoms with Gasteiger partial charge in [0.2, 0.25) is 0 Å². The first-order valence-corrected chi connectivity index (χ1v) is 6.39. The SMILES string of the molecule is COc1cccc(-c2nc(-c3cccnc3)c(C)[nH]2)c1. The van der Waals surface area contributed by atoms with Gasteiger partial charge in [-0.25, -0.2) is 4.98 Å². The number of imidazole rings is 1. The van der Waals surface area contributed by atoms with E-state index in [-0.39, 0.29) is 0 Å². The fourth-order valence-electron chi connectivity index (χ4n) is 2.15. The summed E-state index contributed by atoms with van der Waals surface area (Å²) in [4.78, 5) is 12.1. The van der Waals surface area contributed by atoms with Gasteiger partial charge >= 0.3 is 0 Å². The van der Waals surface area contributed by atoms with Gasteiger partial charge in [-0.3, -0.25) is 4.98 Å². The highest BCUT2D eigenvalue weighted by molar-refractivity contribution is 5.67. The standard InChI is InChI=1S/C16H15N3O/c1-11-15(13-6-4-8-17-10-13)19-16(18-11)12-5-3-7-14(9-12)20-2/h3-10H,1-2H3,(H,18,19). The maximum absolute atomic E-state index is 5.25. The number of pyridine rings is 1. The number of nitrogens with one attached hydrogen (secondary N) is 1. The number of H-pyrrole nitrogens is 1. The summed E-state index contributed by atoms with van der Waals surface area (Å²) in [5.41, 5.74) is 3.96. The Bertz CT molecular complexity index is 720. The van der Waals surface area contributed by atoms with Crippen molar-refractivity contribution in [1.29, 1.82) is 0 Å². The molecule has 0 spiro atoms. The van der Waals surface area contributed by atoms with E-state index in [0.29, 0.717) is 0 Å². The summed E-state index contributed by atoms with van der Waals surface area (Å²) >= 11 is 0. The largest absolute Gasteiger partial charge is 0.497 e. The summed E-state index contributed by atoms with van der Waals surface area (Å²) in [6, 6.07) is 11.8. The quantitative estimate of drug-likeness (QED) is 0.789. The average molecular weight is 265 g/mol. The molecule has 0 radical (unpaired) electrons. The second-order valence-corrected chi connectivity index (χ2v) is 4.53. The topological polar surface area (TPSA) is 50.8 Å². The van der Waals surface area contributed by atoms with Crippen LogP contribution in [0.25, 0.3) is 22.6 Å². The summed E-state index contributed by atoms with van der Waals surface area (Å²) in [7, 11) is 1.66. The molecule has 100 valence electrons. The zero-order chi connectivity index (χ0) is 13.9. The molecule has 0 atom stereocenters. The minimum absolute atomic E-state index is 0.819. The number of aromatic nitrogens is 3. The number of methoxy groups -OCH3 is 1. The molecule has 2 heterocycles. The van der Waals surface area contributed by atoms with Gasteiger partial charge in [-0.15, -0.1) is 0 Å². The Balaban J connectivity index is 2.04. The van der Waals surface area contributed by atoms with Crippen LogP contribution in [-0.4, -0.2) is 22.1 Å². The van der Waals surface area contributed by atoms with E-state index < -0.39 is 0 Å². The van der Waals surface area contributed by atoms with E-state index in [1.807, 2.05) is 49.5 Å². The van der Waals surface area contributed by atoms with Gasteiger partial charge in [-0.05, 0) is 31.2 Å². The molecule has 0 fully saturated rings. The van der Waals surface area contributed by atoms with Crippen molar-refractivity contribution in [3.63, 3.8) is 0 Å². The van der Waals surface area contributed by atoms with Crippen LogP contribution < -0.4 is 4.74 Å². The highest BCUT2D eigenvalue weighted by Gasteiger charge is 2.10. The number of hydrogen-bond acceptors (Lipinski definition) is 3. The van der Waals surface area contributed by atoms with Crippen molar-refractivity contribution in [3.8, 4) is 28.4 Å². The van der Waals surface area contributed by atoms with Gasteiger partial charge in [0, 0.05) is 29.2 Å². The fraction of sp³-hybridized carbons (Fsp3) is 0.125. The molecular formula is C16H15N3O. The van der Waals surface area contributed by atoms with Crippen LogP contribution in [0.1, 0.15) is 5.69 Å². The highest BCUT2D eigenvalue weighted by Crippen LogP contribution is 2.26. The van der Waals surface area contributed by atoms with Crippen molar-refractivity contribution in [2.75, 3.05) is 7.11 Å². The van der Waals surface area contributed by atoms with Gasteiger partial charge in [-0.2, -0.15) is 0 Å². The van der Waals surface area contributed by atoms with Crippen LogP contribution in [0.2, 0.25) is 0 Å². The molecule has 1 aromatic carbocycles. The van der Waals surface area contributed by atoms with E-state index in [1.54, 1.807) is 13.3 Å². The molecule has 3 rings (SSSR count). The third-order valence-corrected chi connectivity index (χ3v) is 3.16. The van der Waals surface area contributed by atoms with Crippen LogP contribution >= 0.6 is 0 Å². The molecule has 20 heavy (non-hydrogen) atoms. The normalized spacial score (nSPS) is 10.5.